The van der Waals surface area contributed by atoms with E-state index in [0.29, 0.717) is 19.0 Å². The van der Waals surface area contributed by atoms with Gasteiger partial charge < -0.3 is 15.4 Å². The number of aliphatic imine (C=N–C) groups is 1. The number of nitrogens with one attached hydrogen (secondary N) is 2. The SMILES string of the molecule is CN=C(NCCc1ccc(OC)cc1)NCC1CCN(S(C)(=O)=O)CC1. The lowest BCUT2D eigenvalue weighted by atomic mass is 9.98. The standard InChI is InChI=1S/C18H30N4O3S/c1-19-18(20-11-8-15-4-6-17(25-2)7-5-15)21-14-16-9-12-22(13-10-16)26(3,23)24/h4-7,16H,8-14H2,1-3H3,(H2,19,20,21). The zero-order valence-electron chi connectivity index (χ0n) is 15.9. The summed E-state index contributed by atoms with van der Waals surface area (Å²) in [5, 5.41) is 6.67. The zero-order valence-corrected chi connectivity index (χ0v) is 16.7. The van der Waals surface area contributed by atoms with Gasteiger partial charge in [0.2, 0.25) is 10.0 Å². The average Bonchev–Trinajstić information content (AvgIpc) is 2.64. The number of nitrogens with zero attached hydrogens (tertiary/aromatic N) is 2. The van der Waals surface area contributed by atoms with Crippen LogP contribution in [0.2, 0.25) is 0 Å². The molecule has 1 fully saturated rings. The van der Waals surface area contributed by atoms with Crippen LogP contribution >= 0.6 is 0 Å². The highest BCUT2D eigenvalue weighted by Crippen LogP contribution is 2.18. The van der Waals surface area contributed by atoms with Crippen molar-refractivity contribution in [3.05, 3.63) is 29.8 Å². The highest BCUT2D eigenvalue weighted by atomic mass is 32.2. The van der Waals surface area contributed by atoms with E-state index in [2.05, 4.69) is 27.8 Å². The lowest BCUT2D eigenvalue weighted by molar-refractivity contribution is 0.275. The van der Waals surface area contributed by atoms with Gasteiger partial charge in [-0.25, -0.2) is 12.7 Å². The number of methoxy groups -OCH3 is 1. The molecule has 1 aromatic rings. The molecule has 146 valence electrons. The van der Waals surface area contributed by atoms with Crippen LogP contribution in [0.5, 0.6) is 5.75 Å². The summed E-state index contributed by atoms with van der Waals surface area (Å²) < 4.78 is 29.8. The van der Waals surface area contributed by atoms with Crippen molar-refractivity contribution in [1.82, 2.24) is 14.9 Å². The van der Waals surface area contributed by atoms with Gasteiger partial charge in [-0.15, -0.1) is 0 Å². The summed E-state index contributed by atoms with van der Waals surface area (Å²) >= 11 is 0. The Morgan fingerprint density at radius 3 is 2.42 bits per heavy atom. The Labute approximate surface area is 156 Å². The molecule has 26 heavy (non-hydrogen) atoms. The number of guanidine groups is 1. The Morgan fingerprint density at radius 1 is 1.23 bits per heavy atom. The third-order valence-electron chi connectivity index (χ3n) is 4.69. The van der Waals surface area contributed by atoms with Crippen molar-refractivity contribution in [1.29, 1.82) is 0 Å². The van der Waals surface area contributed by atoms with E-state index in [1.54, 1.807) is 18.5 Å². The summed E-state index contributed by atoms with van der Waals surface area (Å²) in [7, 11) is 0.364. The van der Waals surface area contributed by atoms with E-state index in [1.165, 1.54) is 11.8 Å². The molecule has 0 radical (unpaired) electrons. The van der Waals surface area contributed by atoms with E-state index < -0.39 is 10.0 Å². The molecular formula is C18H30N4O3S. The number of benzene rings is 1. The fraction of sp³-hybridized carbons (Fsp3) is 0.611. The molecule has 1 aromatic carbocycles. The Kier molecular flexibility index (Phi) is 7.71. The van der Waals surface area contributed by atoms with E-state index >= 15 is 0 Å². The second kappa shape index (κ2) is 9.78. The highest BCUT2D eigenvalue weighted by Gasteiger charge is 2.24. The first kappa shape index (κ1) is 20.5. The summed E-state index contributed by atoms with van der Waals surface area (Å²) in [5.74, 6) is 2.11. The van der Waals surface area contributed by atoms with Gasteiger partial charge in [0, 0.05) is 33.2 Å². The smallest absolute Gasteiger partial charge is 0.211 e. The molecule has 0 spiro atoms. The van der Waals surface area contributed by atoms with Gasteiger partial charge in [0.1, 0.15) is 5.75 Å². The topological polar surface area (TPSA) is 83.0 Å². The van der Waals surface area contributed by atoms with Crippen LogP contribution in [0.15, 0.2) is 29.3 Å². The maximum Gasteiger partial charge on any atom is 0.211 e. The largest absolute Gasteiger partial charge is 0.497 e. The van der Waals surface area contributed by atoms with Crippen molar-refractivity contribution in [2.75, 3.05) is 46.6 Å². The van der Waals surface area contributed by atoms with Crippen LogP contribution < -0.4 is 15.4 Å². The number of hydrogen-bond acceptors (Lipinski definition) is 4. The van der Waals surface area contributed by atoms with Crippen LogP contribution in [0.25, 0.3) is 0 Å². The van der Waals surface area contributed by atoms with Crippen molar-refractivity contribution >= 4 is 16.0 Å². The van der Waals surface area contributed by atoms with Crippen LogP contribution in [-0.4, -0.2) is 65.3 Å². The molecule has 1 saturated heterocycles. The highest BCUT2D eigenvalue weighted by molar-refractivity contribution is 7.88. The minimum absolute atomic E-state index is 0.466. The number of sulfonamides is 1. The molecule has 8 heteroatoms. The van der Waals surface area contributed by atoms with E-state index in [0.717, 1.165) is 44.1 Å². The molecule has 0 aliphatic carbocycles. The molecule has 0 bridgehead atoms. The van der Waals surface area contributed by atoms with Gasteiger partial charge in [0.15, 0.2) is 5.96 Å². The minimum Gasteiger partial charge on any atom is -0.497 e. The number of ether oxygens (including phenoxy) is 1. The molecule has 0 aromatic heterocycles. The molecule has 7 nitrogen and oxygen atoms in total. The third-order valence-corrected chi connectivity index (χ3v) is 5.99. The molecule has 0 unspecified atom stereocenters. The predicted molar refractivity (Wildman–Crippen MR) is 105 cm³/mol. The summed E-state index contributed by atoms with van der Waals surface area (Å²) in [6, 6.07) is 8.05. The number of piperidine rings is 1. The average molecular weight is 383 g/mol. The van der Waals surface area contributed by atoms with Crippen molar-refractivity contribution in [2.45, 2.75) is 19.3 Å². The predicted octanol–water partition coefficient (Wildman–Crippen LogP) is 1.07. The molecule has 0 atom stereocenters. The molecule has 0 saturated carbocycles. The van der Waals surface area contributed by atoms with E-state index in [4.69, 9.17) is 4.74 Å². The fourth-order valence-electron chi connectivity index (χ4n) is 3.02. The number of hydrogen-bond donors (Lipinski definition) is 2. The van der Waals surface area contributed by atoms with Crippen LogP contribution in [0.3, 0.4) is 0 Å². The quantitative estimate of drug-likeness (QED) is 0.545. The van der Waals surface area contributed by atoms with E-state index in [1.807, 2.05) is 12.1 Å². The fourth-order valence-corrected chi connectivity index (χ4v) is 3.90. The molecule has 2 rings (SSSR count). The maximum atomic E-state index is 11.6. The second-order valence-electron chi connectivity index (χ2n) is 6.58. The zero-order chi connectivity index (χ0) is 19.0. The van der Waals surface area contributed by atoms with Crippen molar-refractivity contribution in [2.24, 2.45) is 10.9 Å². The summed E-state index contributed by atoms with van der Waals surface area (Å²) in [6.45, 7) is 2.81. The van der Waals surface area contributed by atoms with Gasteiger partial charge in [0.05, 0.1) is 13.4 Å². The summed E-state index contributed by atoms with van der Waals surface area (Å²) in [4.78, 5) is 4.25. The molecule has 2 N–H and O–H groups in total. The Bertz CT molecular complexity index is 681. The summed E-state index contributed by atoms with van der Waals surface area (Å²) in [5.41, 5.74) is 1.24. The van der Waals surface area contributed by atoms with Crippen molar-refractivity contribution in [3.63, 3.8) is 0 Å². The first-order valence-corrected chi connectivity index (χ1v) is 10.8. The molecule has 1 heterocycles. The third kappa shape index (κ3) is 6.49. The molecule has 1 aliphatic heterocycles. The Morgan fingerprint density at radius 2 is 1.88 bits per heavy atom. The first-order chi connectivity index (χ1) is 12.4. The Balaban J connectivity index is 1.68. The van der Waals surface area contributed by atoms with Gasteiger partial charge in [-0.1, -0.05) is 12.1 Å². The van der Waals surface area contributed by atoms with Crippen LogP contribution in [-0.2, 0) is 16.4 Å². The van der Waals surface area contributed by atoms with Crippen molar-refractivity contribution in [3.8, 4) is 5.75 Å². The van der Waals surface area contributed by atoms with Crippen molar-refractivity contribution < 1.29 is 13.2 Å². The normalized spacial score (nSPS) is 17.1. The molecule has 1 aliphatic rings. The lowest BCUT2D eigenvalue weighted by Crippen LogP contribution is -2.44. The Hall–Kier alpha value is -1.80. The van der Waals surface area contributed by atoms with Crippen LogP contribution in [0.4, 0.5) is 0 Å². The van der Waals surface area contributed by atoms with E-state index in [9.17, 15) is 8.42 Å². The monoisotopic (exact) mass is 382 g/mol. The first-order valence-electron chi connectivity index (χ1n) is 8.95. The number of rotatable bonds is 7. The van der Waals surface area contributed by atoms with Crippen LogP contribution in [0.1, 0.15) is 18.4 Å². The molecular weight excluding hydrogens is 352 g/mol. The maximum absolute atomic E-state index is 11.6. The van der Waals surface area contributed by atoms with E-state index in [-0.39, 0.29) is 0 Å². The summed E-state index contributed by atoms with van der Waals surface area (Å²) in [6.07, 6.45) is 3.93. The second-order valence-corrected chi connectivity index (χ2v) is 8.57. The molecule has 0 amide bonds. The van der Waals surface area contributed by atoms with Crippen LogP contribution in [0, 0.1) is 5.92 Å². The van der Waals surface area contributed by atoms with Gasteiger partial charge in [0.25, 0.3) is 0 Å². The van der Waals surface area contributed by atoms with Gasteiger partial charge >= 0.3 is 0 Å². The lowest BCUT2D eigenvalue weighted by Gasteiger charge is -2.30. The van der Waals surface area contributed by atoms with Gasteiger partial charge in [-0.05, 0) is 42.9 Å². The van der Waals surface area contributed by atoms with Gasteiger partial charge in [-0.2, -0.15) is 0 Å². The van der Waals surface area contributed by atoms with Gasteiger partial charge in [-0.3, -0.25) is 4.99 Å². The minimum atomic E-state index is -3.06.